The minimum atomic E-state index is -0.254. The number of para-hydroxylation sites is 2. The molecule has 0 bridgehead atoms. The number of fused-ring (bicyclic) bond motifs is 1. The molecule has 0 aliphatic carbocycles. The summed E-state index contributed by atoms with van der Waals surface area (Å²) in [6.45, 7) is 3.47. The second-order valence-corrected chi connectivity index (χ2v) is 6.32. The van der Waals surface area contributed by atoms with E-state index in [1.807, 2.05) is 24.3 Å². The Morgan fingerprint density at radius 2 is 1.74 bits per heavy atom. The summed E-state index contributed by atoms with van der Waals surface area (Å²) in [4.78, 5) is 28.6. The molecule has 0 spiro atoms. The smallest absolute Gasteiger partial charge is 0.251 e. The van der Waals surface area contributed by atoms with Crippen molar-refractivity contribution in [3.8, 4) is 0 Å². The van der Waals surface area contributed by atoms with E-state index in [1.54, 1.807) is 24.3 Å². The summed E-state index contributed by atoms with van der Waals surface area (Å²) >= 11 is 0. The van der Waals surface area contributed by atoms with Crippen molar-refractivity contribution in [3.63, 3.8) is 0 Å². The first-order chi connectivity index (χ1) is 13.2. The molecule has 0 aliphatic heterocycles. The average molecular weight is 364 g/mol. The van der Waals surface area contributed by atoms with Crippen LogP contribution in [0.4, 0.5) is 0 Å². The molecular weight excluding hydrogens is 340 g/mol. The average Bonchev–Trinajstić information content (AvgIpc) is 3.05. The van der Waals surface area contributed by atoms with Crippen molar-refractivity contribution >= 4 is 22.8 Å². The molecule has 0 fully saturated rings. The Balaban J connectivity index is 1.51. The van der Waals surface area contributed by atoms with Gasteiger partial charge in [0.1, 0.15) is 5.82 Å². The van der Waals surface area contributed by atoms with Gasteiger partial charge in [0.05, 0.1) is 17.6 Å². The van der Waals surface area contributed by atoms with Crippen molar-refractivity contribution in [2.24, 2.45) is 0 Å². The lowest BCUT2D eigenvalue weighted by atomic mass is 10.2. The molecule has 6 heteroatoms. The second-order valence-electron chi connectivity index (χ2n) is 6.32. The Bertz CT molecular complexity index is 918. The van der Waals surface area contributed by atoms with E-state index in [4.69, 9.17) is 0 Å². The maximum absolute atomic E-state index is 12.0. The molecule has 140 valence electrons. The molecule has 1 aromatic heterocycles. The molecule has 27 heavy (non-hydrogen) atoms. The number of nitrogens with one attached hydrogen (secondary N) is 2. The molecule has 0 unspecified atom stereocenters. The second kappa shape index (κ2) is 8.98. The molecule has 2 amide bonds. The first-order valence-electron chi connectivity index (χ1n) is 9.23. The van der Waals surface area contributed by atoms with Crippen molar-refractivity contribution < 1.29 is 9.59 Å². The van der Waals surface area contributed by atoms with Gasteiger partial charge in [-0.15, -0.1) is 0 Å². The molecule has 3 rings (SSSR count). The molecule has 0 saturated heterocycles. The van der Waals surface area contributed by atoms with Crippen LogP contribution in [0, 0.1) is 0 Å². The molecule has 2 N–H and O–H groups in total. The molecule has 6 nitrogen and oxygen atoms in total. The van der Waals surface area contributed by atoms with Gasteiger partial charge in [-0.25, -0.2) is 4.98 Å². The Hall–Kier alpha value is -3.15. The number of carbonyl (C=O) groups excluding carboxylic acids is 2. The standard InChI is InChI=1S/C21H24N4O2/c1-2-14-25-18-11-7-6-10-17(18)24-19(25)12-13-22-20(26)15-23-21(27)16-8-4-3-5-9-16/h3-11H,2,12-15H2,1H3,(H,22,26)(H,23,27). The summed E-state index contributed by atoms with van der Waals surface area (Å²) in [5.41, 5.74) is 2.64. The van der Waals surface area contributed by atoms with Crippen LogP contribution in [0.2, 0.25) is 0 Å². The number of imidazole rings is 1. The van der Waals surface area contributed by atoms with E-state index in [1.165, 1.54) is 0 Å². The normalized spacial score (nSPS) is 10.7. The van der Waals surface area contributed by atoms with E-state index in [2.05, 4.69) is 33.2 Å². The molecule has 0 aliphatic rings. The minimum absolute atomic E-state index is 0.0426. The molecule has 0 atom stereocenters. The Morgan fingerprint density at radius 3 is 2.52 bits per heavy atom. The largest absolute Gasteiger partial charge is 0.354 e. The predicted octanol–water partition coefficient (Wildman–Crippen LogP) is 2.53. The van der Waals surface area contributed by atoms with Crippen LogP contribution < -0.4 is 10.6 Å². The third-order valence-corrected chi connectivity index (χ3v) is 4.30. The fourth-order valence-electron chi connectivity index (χ4n) is 3.02. The van der Waals surface area contributed by atoms with Crippen LogP contribution in [0.15, 0.2) is 54.6 Å². The highest BCUT2D eigenvalue weighted by molar-refractivity contribution is 5.96. The molecule has 2 aromatic carbocycles. The fourth-order valence-corrected chi connectivity index (χ4v) is 3.02. The molecule has 0 radical (unpaired) electrons. The number of carbonyl (C=O) groups is 2. The van der Waals surface area contributed by atoms with Gasteiger partial charge in [-0.2, -0.15) is 0 Å². The van der Waals surface area contributed by atoms with Gasteiger partial charge < -0.3 is 15.2 Å². The summed E-state index contributed by atoms with van der Waals surface area (Å²) in [6.07, 6.45) is 1.66. The van der Waals surface area contributed by atoms with Crippen LogP contribution in [-0.4, -0.2) is 34.5 Å². The highest BCUT2D eigenvalue weighted by atomic mass is 16.2. The van der Waals surface area contributed by atoms with Gasteiger partial charge in [0, 0.05) is 25.1 Å². The van der Waals surface area contributed by atoms with Crippen LogP contribution in [-0.2, 0) is 17.8 Å². The van der Waals surface area contributed by atoms with Gasteiger partial charge in [-0.3, -0.25) is 9.59 Å². The topological polar surface area (TPSA) is 76.0 Å². The van der Waals surface area contributed by atoms with Crippen LogP contribution in [0.3, 0.4) is 0 Å². The highest BCUT2D eigenvalue weighted by Gasteiger charge is 2.11. The molecular formula is C21H24N4O2. The molecule has 3 aromatic rings. The van der Waals surface area contributed by atoms with E-state index in [0.29, 0.717) is 18.5 Å². The van der Waals surface area contributed by atoms with Crippen molar-refractivity contribution in [1.82, 2.24) is 20.2 Å². The van der Waals surface area contributed by atoms with E-state index in [-0.39, 0.29) is 18.4 Å². The van der Waals surface area contributed by atoms with Crippen molar-refractivity contribution in [3.05, 3.63) is 66.0 Å². The van der Waals surface area contributed by atoms with Gasteiger partial charge in [-0.05, 0) is 30.7 Å². The first kappa shape index (κ1) is 18.6. The van der Waals surface area contributed by atoms with Crippen molar-refractivity contribution in [2.75, 3.05) is 13.1 Å². The van der Waals surface area contributed by atoms with Gasteiger partial charge in [-0.1, -0.05) is 37.3 Å². The fraction of sp³-hybridized carbons (Fsp3) is 0.286. The van der Waals surface area contributed by atoms with Gasteiger partial charge in [0.25, 0.3) is 5.91 Å². The summed E-state index contributed by atoms with van der Waals surface area (Å²) < 4.78 is 2.21. The maximum atomic E-state index is 12.0. The zero-order chi connectivity index (χ0) is 19.1. The number of benzene rings is 2. The first-order valence-corrected chi connectivity index (χ1v) is 9.23. The van der Waals surface area contributed by atoms with Gasteiger partial charge in [0.2, 0.25) is 5.91 Å². The van der Waals surface area contributed by atoms with Crippen molar-refractivity contribution in [1.29, 1.82) is 0 Å². The van der Waals surface area contributed by atoms with Gasteiger partial charge in [0.15, 0.2) is 0 Å². The highest BCUT2D eigenvalue weighted by Crippen LogP contribution is 2.16. The van der Waals surface area contributed by atoms with Crippen LogP contribution in [0.1, 0.15) is 29.5 Å². The van der Waals surface area contributed by atoms with E-state index in [9.17, 15) is 9.59 Å². The minimum Gasteiger partial charge on any atom is -0.354 e. The monoisotopic (exact) mass is 364 g/mol. The van der Waals surface area contributed by atoms with E-state index in [0.717, 1.165) is 29.8 Å². The van der Waals surface area contributed by atoms with Crippen LogP contribution in [0.5, 0.6) is 0 Å². The summed E-state index contributed by atoms with van der Waals surface area (Å²) in [7, 11) is 0. The lowest BCUT2D eigenvalue weighted by Crippen LogP contribution is -2.37. The Morgan fingerprint density at radius 1 is 1.00 bits per heavy atom. The lowest BCUT2D eigenvalue weighted by Gasteiger charge is -2.09. The third-order valence-electron chi connectivity index (χ3n) is 4.30. The number of amides is 2. The molecule has 1 heterocycles. The number of nitrogens with zero attached hydrogens (tertiary/aromatic N) is 2. The summed E-state index contributed by atoms with van der Waals surface area (Å²) in [6, 6.07) is 16.9. The Labute approximate surface area is 158 Å². The van der Waals surface area contributed by atoms with Crippen LogP contribution >= 0.6 is 0 Å². The van der Waals surface area contributed by atoms with Crippen LogP contribution in [0.25, 0.3) is 11.0 Å². The number of hydrogen-bond donors (Lipinski definition) is 2. The number of aryl methyl sites for hydroxylation is 1. The van der Waals surface area contributed by atoms with Crippen molar-refractivity contribution in [2.45, 2.75) is 26.3 Å². The van der Waals surface area contributed by atoms with E-state index >= 15 is 0 Å². The quantitative estimate of drug-likeness (QED) is 0.645. The van der Waals surface area contributed by atoms with E-state index < -0.39 is 0 Å². The Kier molecular flexibility index (Phi) is 6.20. The zero-order valence-corrected chi connectivity index (χ0v) is 15.4. The third kappa shape index (κ3) is 4.73. The number of aromatic nitrogens is 2. The number of hydrogen-bond acceptors (Lipinski definition) is 3. The summed E-state index contributed by atoms with van der Waals surface area (Å²) in [5.74, 6) is 0.500. The summed E-state index contributed by atoms with van der Waals surface area (Å²) in [5, 5.41) is 5.47. The molecule has 0 saturated carbocycles. The lowest BCUT2D eigenvalue weighted by molar-refractivity contribution is -0.120. The number of rotatable bonds is 8. The van der Waals surface area contributed by atoms with Gasteiger partial charge >= 0.3 is 0 Å². The zero-order valence-electron chi connectivity index (χ0n) is 15.4. The maximum Gasteiger partial charge on any atom is 0.251 e. The predicted molar refractivity (Wildman–Crippen MR) is 106 cm³/mol. The SMILES string of the molecule is CCCn1c(CCNC(=O)CNC(=O)c2ccccc2)nc2ccccc21.